The highest BCUT2D eigenvalue weighted by Gasteiger charge is 2.26. The van der Waals surface area contributed by atoms with Gasteiger partial charge in [0.2, 0.25) is 5.91 Å². The number of nitro groups is 1. The number of carbonyl (C=O) groups is 1. The maximum atomic E-state index is 12.8. The van der Waals surface area contributed by atoms with Crippen molar-refractivity contribution in [3.05, 3.63) is 64.7 Å². The number of para-hydroxylation sites is 2. The molecule has 0 bridgehead atoms. The lowest BCUT2D eigenvalue weighted by atomic mass is 10.2. The molecular weight excluding hydrogens is 428 g/mol. The van der Waals surface area contributed by atoms with E-state index >= 15 is 0 Å². The molecule has 1 fully saturated rings. The first-order chi connectivity index (χ1) is 15.6. The largest absolute Gasteiger partial charge is 0.362 e. The standard InChI is InChI=1S/C22H24N6O3S/c1-2-27-21(17-8-4-3-5-9-17)23-24-22(27)32-16-20(29)26-14-12-25(13-15-26)18-10-6-7-11-19(18)28(30)31/h3-11H,2,12-16H2,1H3. The number of thioether (sulfide) groups is 1. The molecule has 0 radical (unpaired) electrons. The molecule has 0 atom stereocenters. The van der Waals surface area contributed by atoms with E-state index in [1.54, 1.807) is 18.2 Å². The van der Waals surface area contributed by atoms with Crippen molar-refractivity contribution in [1.82, 2.24) is 19.7 Å². The molecule has 0 saturated carbocycles. The molecule has 0 N–H and O–H groups in total. The van der Waals surface area contributed by atoms with Gasteiger partial charge in [-0.05, 0) is 13.0 Å². The summed E-state index contributed by atoms with van der Waals surface area (Å²) in [7, 11) is 0. The van der Waals surface area contributed by atoms with E-state index in [4.69, 9.17) is 0 Å². The van der Waals surface area contributed by atoms with Crippen LogP contribution in [0.1, 0.15) is 6.92 Å². The lowest BCUT2D eigenvalue weighted by molar-refractivity contribution is -0.384. The fourth-order valence-corrected chi connectivity index (χ4v) is 4.69. The first-order valence-electron chi connectivity index (χ1n) is 10.5. The molecule has 0 unspecified atom stereocenters. The Balaban J connectivity index is 1.36. The summed E-state index contributed by atoms with van der Waals surface area (Å²) in [6.07, 6.45) is 0. The highest BCUT2D eigenvalue weighted by atomic mass is 32.2. The Bertz CT molecular complexity index is 1100. The number of anilines is 1. The van der Waals surface area contributed by atoms with Gasteiger partial charge >= 0.3 is 0 Å². The SMILES string of the molecule is CCn1c(SCC(=O)N2CCN(c3ccccc3[N+](=O)[O-])CC2)nnc1-c1ccccc1. The van der Waals surface area contributed by atoms with E-state index in [1.165, 1.54) is 17.8 Å². The van der Waals surface area contributed by atoms with Crippen molar-refractivity contribution in [3.8, 4) is 11.4 Å². The molecule has 1 aliphatic rings. The Morgan fingerprint density at radius 3 is 2.41 bits per heavy atom. The van der Waals surface area contributed by atoms with E-state index in [9.17, 15) is 14.9 Å². The van der Waals surface area contributed by atoms with Gasteiger partial charge in [-0.15, -0.1) is 10.2 Å². The van der Waals surface area contributed by atoms with Gasteiger partial charge in [0, 0.05) is 44.4 Å². The Hall–Kier alpha value is -3.40. The van der Waals surface area contributed by atoms with Gasteiger partial charge in [-0.3, -0.25) is 14.9 Å². The number of piperazine rings is 1. The van der Waals surface area contributed by atoms with Gasteiger partial charge < -0.3 is 14.4 Å². The average Bonchev–Trinajstić information content (AvgIpc) is 3.26. The van der Waals surface area contributed by atoms with E-state index in [1.807, 2.05) is 51.6 Å². The molecule has 1 aliphatic heterocycles. The normalized spacial score (nSPS) is 13.9. The van der Waals surface area contributed by atoms with Crippen molar-refractivity contribution < 1.29 is 9.72 Å². The summed E-state index contributed by atoms with van der Waals surface area (Å²) >= 11 is 1.39. The zero-order chi connectivity index (χ0) is 22.5. The van der Waals surface area contributed by atoms with Gasteiger partial charge in [-0.25, -0.2) is 0 Å². The lowest BCUT2D eigenvalue weighted by Crippen LogP contribution is -2.49. The number of hydrogen-bond acceptors (Lipinski definition) is 7. The Morgan fingerprint density at radius 2 is 1.72 bits per heavy atom. The number of benzene rings is 2. The van der Waals surface area contributed by atoms with Crippen molar-refractivity contribution in [1.29, 1.82) is 0 Å². The van der Waals surface area contributed by atoms with Crippen LogP contribution in [0.15, 0.2) is 59.8 Å². The predicted molar refractivity (Wildman–Crippen MR) is 124 cm³/mol. The van der Waals surface area contributed by atoms with E-state index < -0.39 is 0 Å². The second-order valence-corrected chi connectivity index (χ2v) is 8.26. The number of nitrogens with zero attached hydrogens (tertiary/aromatic N) is 6. The highest BCUT2D eigenvalue weighted by molar-refractivity contribution is 7.99. The molecule has 166 valence electrons. The fourth-order valence-electron chi connectivity index (χ4n) is 3.78. The van der Waals surface area contributed by atoms with Gasteiger partial charge in [0.05, 0.1) is 10.7 Å². The first kappa shape index (κ1) is 21.8. The quantitative estimate of drug-likeness (QED) is 0.308. The molecule has 1 saturated heterocycles. The number of amides is 1. The summed E-state index contributed by atoms with van der Waals surface area (Å²) in [5.74, 6) is 1.10. The van der Waals surface area contributed by atoms with Crippen LogP contribution in [0.4, 0.5) is 11.4 Å². The summed E-state index contributed by atoms with van der Waals surface area (Å²) < 4.78 is 2.01. The maximum absolute atomic E-state index is 12.8. The number of hydrogen-bond donors (Lipinski definition) is 0. The topological polar surface area (TPSA) is 97.4 Å². The van der Waals surface area contributed by atoms with Crippen molar-refractivity contribution in [2.45, 2.75) is 18.6 Å². The predicted octanol–water partition coefficient (Wildman–Crippen LogP) is 3.31. The minimum atomic E-state index is -0.364. The molecule has 10 heteroatoms. The molecular formula is C22H24N6O3S. The third kappa shape index (κ3) is 4.59. The molecule has 0 spiro atoms. The zero-order valence-corrected chi connectivity index (χ0v) is 18.6. The minimum Gasteiger partial charge on any atom is -0.362 e. The van der Waals surface area contributed by atoms with Crippen LogP contribution in [-0.2, 0) is 11.3 Å². The highest BCUT2D eigenvalue weighted by Crippen LogP contribution is 2.29. The van der Waals surface area contributed by atoms with Crippen LogP contribution < -0.4 is 4.90 Å². The van der Waals surface area contributed by atoms with Crippen molar-refractivity contribution >= 4 is 29.0 Å². The summed E-state index contributed by atoms with van der Waals surface area (Å²) in [5, 5.41) is 20.6. The van der Waals surface area contributed by atoms with Gasteiger partial charge in [0.25, 0.3) is 5.69 Å². The van der Waals surface area contributed by atoms with Crippen molar-refractivity contribution in [2.24, 2.45) is 0 Å². The number of nitro benzene ring substituents is 1. The summed E-state index contributed by atoms with van der Waals surface area (Å²) in [4.78, 5) is 27.5. The smallest absolute Gasteiger partial charge is 0.292 e. The molecule has 0 aliphatic carbocycles. The van der Waals surface area contributed by atoms with Crippen molar-refractivity contribution in [3.63, 3.8) is 0 Å². The van der Waals surface area contributed by atoms with E-state index in [0.29, 0.717) is 38.4 Å². The summed E-state index contributed by atoms with van der Waals surface area (Å²) in [5.41, 5.74) is 1.69. The van der Waals surface area contributed by atoms with Crippen LogP contribution in [0.2, 0.25) is 0 Å². The van der Waals surface area contributed by atoms with Gasteiger partial charge in [-0.2, -0.15) is 0 Å². The Kier molecular flexibility index (Phi) is 6.69. The van der Waals surface area contributed by atoms with Gasteiger partial charge in [0.1, 0.15) is 5.69 Å². The minimum absolute atomic E-state index is 0.0316. The van der Waals surface area contributed by atoms with Crippen LogP contribution in [0, 0.1) is 10.1 Å². The molecule has 9 nitrogen and oxygen atoms in total. The molecule has 2 heterocycles. The number of rotatable bonds is 7. The second kappa shape index (κ2) is 9.82. The van der Waals surface area contributed by atoms with Gasteiger partial charge in [0.15, 0.2) is 11.0 Å². The zero-order valence-electron chi connectivity index (χ0n) is 17.8. The third-order valence-electron chi connectivity index (χ3n) is 5.44. The van der Waals surface area contributed by atoms with Crippen LogP contribution in [0.3, 0.4) is 0 Å². The maximum Gasteiger partial charge on any atom is 0.292 e. The van der Waals surface area contributed by atoms with Crippen molar-refractivity contribution in [2.75, 3.05) is 36.8 Å². The molecule has 3 aromatic rings. The number of carbonyl (C=O) groups excluding carboxylic acids is 1. The summed E-state index contributed by atoms with van der Waals surface area (Å²) in [6.45, 7) is 4.92. The Morgan fingerprint density at radius 1 is 1.03 bits per heavy atom. The monoisotopic (exact) mass is 452 g/mol. The molecule has 2 aromatic carbocycles. The second-order valence-electron chi connectivity index (χ2n) is 7.32. The molecule has 4 rings (SSSR count). The first-order valence-corrected chi connectivity index (χ1v) is 11.4. The summed E-state index contributed by atoms with van der Waals surface area (Å²) in [6, 6.07) is 16.6. The van der Waals surface area contributed by atoms with Gasteiger partial charge in [-0.1, -0.05) is 54.2 Å². The van der Waals surface area contributed by atoms with Crippen LogP contribution in [0.25, 0.3) is 11.4 Å². The Labute approximate surface area is 190 Å². The fraction of sp³-hybridized carbons (Fsp3) is 0.318. The third-order valence-corrected chi connectivity index (χ3v) is 6.39. The van der Waals surface area contributed by atoms with E-state index in [0.717, 1.165) is 16.5 Å². The van der Waals surface area contributed by atoms with Crippen LogP contribution >= 0.6 is 11.8 Å². The van der Waals surface area contributed by atoms with E-state index in [2.05, 4.69) is 10.2 Å². The molecule has 32 heavy (non-hydrogen) atoms. The molecule has 1 aromatic heterocycles. The lowest BCUT2D eigenvalue weighted by Gasteiger charge is -2.35. The average molecular weight is 453 g/mol. The molecule has 1 amide bonds. The van der Waals surface area contributed by atoms with Crippen LogP contribution in [-0.4, -0.2) is 62.4 Å². The number of aromatic nitrogens is 3. The van der Waals surface area contributed by atoms with E-state index in [-0.39, 0.29) is 22.3 Å². The van der Waals surface area contributed by atoms with Crippen LogP contribution in [0.5, 0.6) is 0 Å².